The van der Waals surface area contributed by atoms with Gasteiger partial charge in [0.15, 0.2) is 0 Å². The number of rotatable bonds is 8. The SMILES string of the molecule is COc1ccc(C)cc1N(CC(=O)NCc1ccccc1C)S(=O)(=O)c1ccccc1. The lowest BCUT2D eigenvalue weighted by atomic mass is 10.1. The Hall–Kier alpha value is -3.32. The second-order valence-corrected chi connectivity index (χ2v) is 9.07. The topological polar surface area (TPSA) is 75.7 Å². The minimum atomic E-state index is -4.00. The predicted molar refractivity (Wildman–Crippen MR) is 122 cm³/mol. The van der Waals surface area contributed by atoms with Gasteiger partial charge in [-0.05, 0) is 54.8 Å². The van der Waals surface area contributed by atoms with Crippen LogP contribution in [0.2, 0.25) is 0 Å². The largest absolute Gasteiger partial charge is 0.495 e. The second kappa shape index (κ2) is 9.66. The van der Waals surface area contributed by atoms with Crippen LogP contribution in [0, 0.1) is 13.8 Å². The molecule has 0 radical (unpaired) electrons. The summed E-state index contributed by atoms with van der Waals surface area (Å²) in [6.45, 7) is 3.76. The first-order valence-corrected chi connectivity index (χ1v) is 11.3. The van der Waals surface area contributed by atoms with Crippen molar-refractivity contribution >= 4 is 21.6 Å². The Kier molecular flexibility index (Phi) is 6.97. The van der Waals surface area contributed by atoms with Crippen LogP contribution < -0.4 is 14.4 Å². The van der Waals surface area contributed by atoms with Gasteiger partial charge in [-0.2, -0.15) is 0 Å². The van der Waals surface area contributed by atoms with E-state index in [4.69, 9.17) is 4.74 Å². The first-order chi connectivity index (χ1) is 14.8. The van der Waals surface area contributed by atoms with Gasteiger partial charge in [0.25, 0.3) is 10.0 Å². The van der Waals surface area contributed by atoms with E-state index in [-0.39, 0.29) is 11.4 Å². The van der Waals surface area contributed by atoms with Crippen molar-refractivity contribution in [2.45, 2.75) is 25.3 Å². The van der Waals surface area contributed by atoms with Gasteiger partial charge in [-0.15, -0.1) is 0 Å². The van der Waals surface area contributed by atoms with Crippen LogP contribution in [0.25, 0.3) is 0 Å². The molecule has 0 bridgehead atoms. The molecule has 0 spiro atoms. The van der Waals surface area contributed by atoms with E-state index in [1.165, 1.54) is 19.2 Å². The molecule has 162 valence electrons. The minimum absolute atomic E-state index is 0.102. The molecule has 0 saturated carbocycles. The minimum Gasteiger partial charge on any atom is -0.495 e. The zero-order chi connectivity index (χ0) is 22.4. The fraction of sp³-hybridized carbons (Fsp3) is 0.208. The number of nitrogens with one attached hydrogen (secondary N) is 1. The number of carbonyl (C=O) groups is 1. The Balaban J connectivity index is 1.94. The molecule has 3 rings (SSSR count). The van der Waals surface area contributed by atoms with E-state index in [0.29, 0.717) is 18.0 Å². The molecular formula is C24H26N2O4S. The maximum absolute atomic E-state index is 13.5. The summed E-state index contributed by atoms with van der Waals surface area (Å²) in [4.78, 5) is 12.9. The average Bonchev–Trinajstić information content (AvgIpc) is 2.77. The fourth-order valence-corrected chi connectivity index (χ4v) is 4.65. The van der Waals surface area contributed by atoms with Crippen LogP contribution in [0.15, 0.2) is 77.7 Å². The molecule has 0 atom stereocenters. The van der Waals surface area contributed by atoms with Gasteiger partial charge in [-0.3, -0.25) is 9.10 Å². The third-order valence-electron chi connectivity index (χ3n) is 4.96. The van der Waals surface area contributed by atoms with Gasteiger partial charge in [-0.1, -0.05) is 48.5 Å². The number of benzene rings is 3. The number of carbonyl (C=O) groups excluding carboxylic acids is 1. The van der Waals surface area contributed by atoms with Gasteiger partial charge in [0, 0.05) is 6.54 Å². The molecule has 0 aliphatic carbocycles. The summed E-state index contributed by atoms with van der Waals surface area (Å²) in [5.74, 6) is -0.0388. The van der Waals surface area contributed by atoms with Gasteiger partial charge in [0.05, 0.1) is 17.7 Å². The van der Waals surface area contributed by atoms with Crippen LogP contribution in [0.4, 0.5) is 5.69 Å². The van der Waals surface area contributed by atoms with Gasteiger partial charge >= 0.3 is 0 Å². The van der Waals surface area contributed by atoms with Crippen molar-refractivity contribution in [3.8, 4) is 5.75 Å². The van der Waals surface area contributed by atoms with E-state index in [1.54, 1.807) is 30.3 Å². The van der Waals surface area contributed by atoms with Crippen molar-refractivity contribution in [2.24, 2.45) is 0 Å². The molecule has 3 aromatic rings. The highest BCUT2D eigenvalue weighted by Crippen LogP contribution is 2.33. The van der Waals surface area contributed by atoms with Crippen LogP contribution in [-0.4, -0.2) is 28.0 Å². The Morgan fingerprint density at radius 2 is 1.65 bits per heavy atom. The number of anilines is 1. The van der Waals surface area contributed by atoms with Crippen LogP contribution in [0.5, 0.6) is 5.75 Å². The number of ether oxygens (including phenoxy) is 1. The number of methoxy groups -OCH3 is 1. The second-order valence-electron chi connectivity index (χ2n) is 7.20. The quantitative estimate of drug-likeness (QED) is 0.580. The molecule has 0 aliphatic heterocycles. The highest BCUT2D eigenvalue weighted by atomic mass is 32.2. The summed E-state index contributed by atoms with van der Waals surface area (Å²) < 4.78 is 33.4. The lowest BCUT2D eigenvalue weighted by Crippen LogP contribution is -2.41. The Morgan fingerprint density at radius 1 is 0.968 bits per heavy atom. The maximum atomic E-state index is 13.5. The molecular weight excluding hydrogens is 412 g/mol. The lowest BCUT2D eigenvalue weighted by Gasteiger charge is -2.26. The van der Waals surface area contributed by atoms with E-state index in [9.17, 15) is 13.2 Å². The van der Waals surface area contributed by atoms with Crippen molar-refractivity contribution in [3.63, 3.8) is 0 Å². The molecule has 0 aliphatic rings. The van der Waals surface area contributed by atoms with Gasteiger partial charge in [0.1, 0.15) is 12.3 Å². The Labute approximate surface area is 183 Å². The summed E-state index contributed by atoms with van der Waals surface area (Å²) in [5, 5.41) is 2.83. The van der Waals surface area contributed by atoms with E-state index in [0.717, 1.165) is 21.0 Å². The molecule has 0 fully saturated rings. The average molecular weight is 439 g/mol. The molecule has 3 aromatic carbocycles. The number of aryl methyl sites for hydroxylation is 2. The molecule has 0 heterocycles. The number of amides is 1. The highest BCUT2D eigenvalue weighted by molar-refractivity contribution is 7.92. The zero-order valence-corrected chi connectivity index (χ0v) is 18.6. The maximum Gasteiger partial charge on any atom is 0.264 e. The number of hydrogen-bond donors (Lipinski definition) is 1. The van der Waals surface area contributed by atoms with Crippen LogP contribution >= 0.6 is 0 Å². The molecule has 0 aromatic heterocycles. The lowest BCUT2D eigenvalue weighted by molar-refractivity contribution is -0.119. The molecule has 0 saturated heterocycles. The molecule has 7 heteroatoms. The van der Waals surface area contributed by atoms with Gasteiger partial charge in [0.2, 0.25) is 5.91 Å². The van der Waals surface area contributed by atoms with E-state index in [1.807, 2.05) is 44.2 Å². The normalized spacial score (nSPS) is 11.1. The summed E-state index contributed by atoms with van der Waals surface area (Å²) in [7, 11) is -2.53. The fourth-order valence-electron chi connectivity index (χ4n) is 3.20. The van der Waals surface area contributed by atoms with Crippen LogP contribution in [0.3, 0.4) is 0 Å². The molecule has 0 unspecified atom stereocenters. The molecule has 1 amide bonds. The smallest absolute Gasteiger partial charge is 0.264 e. The van der Waals surface area contributed by atoms with E-state index >= 15 is 0 Å². The van der Waals surface area contributed by atoms with E-state index in [2.05, 4.69) is 5.32 Å². The van der Waals surface area contributed by atoms with Crippen LogP contribution in [0.1, 0.15) is 16.7 Å². The highest BCUT2D eigenvalue weighted by Gasteiger charge is 2.29. The van der Waals surface area contributed by atoms with Crippen molar-refractivity contribution in [2.75, 3.05) is 18.0 Å². The number of sulfonamides is 1. The Bertz CT molecular complexity index is 1160. The number of nitrogens with zero attached hydrogens (tertiary/aromatic N) is 1. The van der Waals surface area contributed by atoms with Crippen molar-refractivity contribution in [1.29, 1.82) is 0 Å². The molecule has 1 N–H and O–H groups in total. The summed E-state index contributed by atoms with van der Waals surface area (Å²) in [6.07, 6.45) is 0. The van der Waals surface area contributed by atoms with Gasteiger partial charge < -0.3 is 10.1 Å². The monoisotopic (exact) mass is 438 g/mol. The molecule has 6 nitrogen and oxygen atoms in total. The molecule has 31 heavy (non-hydrogen) atoms. The number of hydrogen-bond acceptors (Lipinski definition) is 4. The van der Waals surface area contributed by atoms with E-state index < -0.39 is 15.9 Å². The summed E-state index contributed by atoms with van der Waals surface area (Å²) in [6, 6.07) is 21.0. The first-order valence-electron chi connectivity index (χ1n) is 9.86. The summed E-state index contributed by atoms with van der Waals surface area (Å²) >= 11 is 0. The first kappa shape index (κ1) is 22.4. The van der Waals surface area contributed by atoms with Gasteiger partial charge in [-0.25, -0.2) is 8.42 Å². The third-order valence-corrected chi connectivity index (χ3v) is 6.73. The van der Waals surface area contributed by atoms with Crippen molar-refractivity contribution in [3.05, 3.63) is 89.5 Å². The summed E-state index contributed by atoms with van der Waals surface area (Å²) in [5.41, 5.74) is 3.19. The zero-order valence-electron chi connectivity index (χ0n) is 17.8. The Morgan fingerprint density at radius 3 is 2.32 bits per heavy atom. The van der Waals surface area contributed by atoms with Crippen LogP contribution in [-0.2, 0) is 21.4 Å². The standard InChI is InChI=1S/C24H26N2O4S/c1-18-13-14-23(30-3)22(15-18)26(31(28,29)21-11-5-4-6-12-21)17-24(27)25-16-20-10-8-7-9-19(20)2/h4-15H,16-17H2,1-3H3,(H,25,27). The van der Waals surface area contributed by atoms with Crippen molar-refractivity contribution in [1.82, 2.24) is 5.32 Å². The van der Waals surface area contributed by atoms with Crippen molar-refractivity contribution < 1.29 is 17.9 Å². The third kappa shape index (κ3) is 5.24. The predicted octanol–water partition coefficient (Wildman–Crippen LogP) is 3.82.